The van der Waals surface area contributed by atoms with Gasteiger partial charge < -0.3 is 16.0 Å². The Bertz CT molecular complexity index is 771. The van der Waals surface area contributed by atoms with E-state index in [0.29, 0.717) is 12.5 Å². The number of nitrogens with one attached hydrogen (secondary N) is 1. The number of benzene rings is 1. The van der Waals surface area contributed by atoms with Crippen LogP contribution >= 0.6 is 12.2 Å². The van der Waals surface area contributed by atoms with Gasteiger partial charge in [-0.2, -0.15) is 4.99 Å². The van der Waals surface area contributed by atoms with Gasteiger partial charge in [0.1, 0.15) is 5.82 Å². The third-order valence-electron chi connectivity index (χ3n) is 3.33. The summed E-state index contributed by atoms with van der Waals surface area (Å²) in [4.78, 5) is 10.1. The number of aliphatic imine (C=N–C) groups is 1. The van der Waals surface area contributed by atoms with Gasteiger partial charge in [0.05, 0.1) is 0 Å². The molecule has 2 heterocycles. The summed E-state index contributed by atoms with van der Waals surface area (Å²) in [5.41, 5.74) is 8.22. The maximum absolute atomic E-state index is 13.1. The van der Waals surface area contributed by atoms with E-state index < -0.39 is 0 Å². The Labute approximate surface area is 138 Å². The van der Waals surface area contributed by atoms with Gasteiger partial charge in [0.15, 0.2) is 5.11 Å². The molecule has 7 heteroatoms. The van der Waals surface area contributed by atoms with Crippen molar-refractivity contribution < 1.29 is 4.39 Å². The number of rotatable bonds is 2. The highest BCUT2D eigenvalue weighted by Gasteiger charge is 2.20. The van der Waals surface area contributed by atoms with Crippen molar-refractivity contribution in [3.63, 3.8) is 0 Å². The van der Waals surface area contributed by atoms with E-state index in [1.807, 2.05) is 23.1 Å². The van der Waals surface area contributed by atoms with E-state index in [1.165, 1.54) is 12.1 Å². The number of hydrogen-bond acceptors (Lipinski definition) is 2. The third-order valence-corrected chi connectivity index (χ3v) is 3.42. The lowest BCUT2D eigenvalue weighted by molar-refractivity contribution is 0.628. The molecule has 1 aromatic heterocycles. The molecule has 23 heavy (non-hydrogen) atoms. The van der Waals surface area contributed by atoms with Gasteiger partial charge in [-0.1, -0.05) is 0 Å². The number of nitrogens with zero attached hydrogens (tertiary/aromatic N) is 3. The number of aromatic nitrogens is 1. The van der Waals surface area contributed by atoms with Gasteiger partial charge in [0.2, 0.25) is 5.96 Å². The molecular formula is C16H14FN5S. The smallest absolute Gasteiger partial charge is 0.210 e. The summed E-state index contributed by atoms with van der Waals surface area (Å²) in [6.45, 7) is 0.553. The minimum absolute atomic E-state index is 0.0237. The standard InChI is InChI=1S/C16H14FN5S/c17-12-1-3-13(4-2-12)22-10-7-14(11-5-8-19-9-6-11)20-16(22)21-15(18)23/h1-9H,10H2,(H3,18,20,21,23). The van der Waals surface area contributed by atoms with Gasteiger partial charge >= 0.3 is 0 Å². The fraction of sp³-hybridized carbons (Fsp3) is 0.0625. The van der Waals surface area contributed by atoms with Crippen LogP contribution in [0.2, 0.25) is 0 Å². The predicted octanol–water partition coefficient (Wildman–Crippen LogP) is 2.27. The molecule has 1 aromatic carbocycles. The SMILES string of the molecule is NC(=S)N=C1NC(c2ccncc2)=CCN1c1ccc(F)cc1. The minimum Gasteiger partial charge on any atom is -0.374 e. The Morgan fingerprint density at radius 3 is 2.57 bits per heavy atom. The van der Waals surface area contributed by atoms with Crippen molar-refractivity contribution >= 4 is 34.7 Å². The topological polar surface area (TPSA) is 66.5 Å². The molecule has 0 spiro atoms. The molecule has 0 saturated carbocycles. The number of hydrogen-bond donors (Lipinski definition) is 2. The molecule has 1 aliphatic heterocycles. The van der Waals surface area contributed by atoms with Crippen LogP contribution < -0.4 is 16.0 Å². The largest absolute Gasteiger partial charge is 0.374 e. The first-order chi connectivity index (χ1) is 11.1. The lowest BCUT2D eigenvalue weighted by Gasteiger charge is -2.30. The summed E-state index contributed by atoms with van der Waals surface area (Å²) in [6, 6.07) is 9.94. The summed E-state index contributed by atoms with van der Waals surface area (Å²) in [6.07, 6.45) is 5.44. The van der Waals surface area contributed by atoms with Crippen LogP contribution in [0.3, 0.4) is 0 Å². The molecule has 0 bridgehead atoms. The number of guanidine groups is 1. The molecule has 1 aliphatic rings. The Balaban J connectivity index is 1.96. The van der Waals surface area contributed by atoms with Gasteiger partial charge in [-0.05, 0) is 54.7 Å². The van der Waals surface area contributed by atoms with Crippen molar-refractivity contribution in [2.45, 2.75) is 0 Å². The quantitative estimate of drug-likeness (QED) is 0.828. The molecule has 3 N–H and O–H groups in total. The third kappa shape index (κ3) is 3.51. The van der Waals surface area contributed by atoms with E-state index >= 15 is 0 Å². The van der Waals surface area contributed by atoms with Crippen LogP contribution in [0.25, 0.3) is 5.70 Å². The van der Waals surface area contributed by atoms with Crippen LogP contribution in [-0.2, 0) is 0 Å². The number of halogens is 1. The van der Waals surface area contributed by atoms with Crippen molar-refractivity contribution in [2.75, 3.05) is 11.4 Å². The average molecular weight is 327 g/mol. The number of pyridine rings is 1. The molecule has 0 fully saturated rings. The normalized spacial score (nSPS) is 16.0. The van der Waals surface area contributed by atoms with Crippen molar-refractivity contribution in [3.8, 4) is 0 Å². The zero-order chi connectivity index (χ0) is 16.2. The fourth-order valence-electron chi connectivity index (χ4n) is 2.27. The Morgan fingerprint density at radius 2 is 1.91 bits per heavy atom. The monoisotopic (exact) mass is 327 g/mol. The first-order valence-corrected chi connectivity index (χ1v) is 7.33. The summed E-state index contributed by atoms with van der Waals surface area (Å²) in [7, 11) is 0. The van der Waals surface area contributed by atoms with Crippen LogP contribution in [0.1, 0.15) is 5.56 Å². The van der Waals surface area contributed by atoms with Gasteiger partial charge in [-0.25, -0.2) is 4.39 Å². The molecule has 0 aliphatic carbocycles. The maximum Gasteiger partial charge on any atom is 0.210 e. The van der Waals surface area contributed by atoms with Crippen LogP contribution in [0.5, 0.6) is 0 Å². The lowest BCUT2D eigenvalue weighted by Crippen LogP contribution is -2.45. The molecule has 0 atom stereocenters. The second-order valence-corrected chi connectivity index (χ2v) is 5.26. The van der Waals surface area contributed by atoms with Crippen molar-refractivity contribution in [1.29, 1.82) is 0 Å². The summed E-state index contributed by atoms with van der Waals surface area (Å²) in [5, 5.41) is 3.24. The molecular weight excluding hydrogens is 313 g/mol. The average Bonchev–Trinajstić information content (AvgIpc) is 2.56. The van der Waals surface area contributed by atoms with E-state index in [9.17, 15) is 4.39 Å². The molecule has 0 unspecified atom stereocenters. The highest BCUT2D eigenvalue weighted by Crippen LogP contribution is 2.21. The van der Waals surface area contributed by atoms with Gasteiger partial charge in [0.25, 0.3) is 0 Å². The minimum atomic E-state index is -0.292. The Kier molecular flexibility index (Phi) is 4.29. The summed E-state index contributed by atoms with van der Waals surface area (Å²) in [5.74, 6) is 0.206. The van der Waals surface area contributed by atoms with E-state index in [-0.39, 0.29) is 10.9 Å². The molecule has 0 saturated heterocycles. The number of anilines is 1. The number of thiocarbonyl (C=S) groups is 1. The van der Waals surface area contributed by atoms with Crippen molar-refractivity contribution in [2.24, 2.45) is 10.7 Å². The molecule has 2 aromatic rings. The van der Waals surface area contributed by atoms with Gasteiger partial charge in [0, 0.05) is 35.9 Å². The van der Waals surface area contributed by atoms with Crippen LogP contribution in [0.15, 0.2) is 59.9 Å². The molecule has 0 amide bonds. The zero-order valence-electron chi connectivity index (χ0n) is 12.1. The Morgan fingerprint density at radius 1 is 1.22 bits per heavy atom. The molecule has 0 radical (unpaired) electrons. The Hall–Kier alpha value is -2.80. The highest BCUT2D eigenvalue weighted by atomic mass is 32.1. The molecule has 5 nitrogen and oxygen atoms in total. The molecule has 3 rings (SSSR count). The zero-order valence-corrected chi connectivity index (χ0v) is 12.9. The van der Waals surface area contributed by atoms with Gasteiger partial charge in [-0.15, -0.1) is 0 Å². The summed E-state index contributed by atoms with van der Waals surface area (Å²) < 4.78 is 13.1. The second-order valence-electron chi connectivity index (χ2n) is 4.84. The highest BCUT2D eigenvalue weighted by molar-refractivity contribution is 7.80. The van der Waals surface area contributed by atoms with Crippen LogP contribution in [0, 0.1) is 5.82 Å². The summed E-state index contributed by atoms with van der Waals surface area (Å²) >= 11 is 4.89. The second kappa shape index (κ2) is 6.53. The first-order valence-electron chi connectivity index (χ1n) is 6.92. The maximum atomic E-state index is 13.1. The van der Waals surface area contributed by atoms with Gasteiger partial charge in [-0.3, -0.25) is 4.98 Å². The first kappa shape index (κ1) is 15.1. The fourth-order valence-corrected chi connectivity index (χ4v) is 2.36. The lowest BCUT2D eigenvalue weighted by atomic mass is 10.1. The van der Waals surface area contributed by atoms with Crippen molar-refractivity contribution in [3.05, 3.63) is 66.2 Å². The molecule has 116 valence electrons. The van der Waals surface area contributed by atoms with Crippen molar-refractivity contribution in [1.82, 2.24) is 10.3 Å². The number of nitrogens with two attached hydrogens (primary N) is 1. The predicted molar refractivity (Wildman–Crippen MR) is 93.3 cm³/mol. The van der Waals surface area contributed by atoms with Crippen LogP contribution in [-0.4, -0.2) is 22.6 Å². The van der Waals surface area contributed by atoms with E-state index in [4.69, 9.17) is 18.0 Å². The van der Waals surface area contributed by atoms with E-state index in [2.05, 4.69) is 15.3 Å². The van der Waals surface area contributed by atoms with E-state index in [1.54, 1.807) is 24.5 Å². The van der Waals surface area contributed by atoms with E-state index in [0.717, 1.165) is 16.9 Å². The van der Waals surface area contributed by atoms with Crippen LogP contribution in [0.4, 0.5) is 10.1 Å².